The molecule has 0 radical (unpaired) electrons. The molecule has 0 heterocycles. The van der Waals surface area contributed by atoms with E-state index in [4.69, 9.17) is 23.2 Å². The predicted molar refractivity (Wildman–Crippen MR) is 79.6 cm³/mol. The Kier molecular flexibility index (Phi) is 10.0. The maximum Gasteiger partial charge on any atom is 0.0465 e. The molecule has 0 aliphatic heterocycles. The van der Waals surface area contributed by atoms with E-state index in [9.17, 15) is 0 Å². The van der Waals surface area contributed by atoms with Crippen molar-refractivity contribution in [2.75, 3.05) is 6.54 Å². The zero-order chi connectivity index (χ0) is 11.8. The van der Waals surface area contributed by atoms with E-state index in [0.717, 1.165) is 23.7 Å². The van der Waals surface area contributed by atoms with Crippen molar-refractivity contribution >= 4 is 35.6 Å². The normalized spacial score (nSPS) is 10.1. The largest absolute Gasteiger partial charge is 0.313 e. The molecule has 0 bridgehead atoms. The maximum absolute atomic E-state index is 6.07. The van der Waals surface area contributed by atoms with Gasteiger partial charge >= 0.3 is 0 Å². The molecule has 0 aliphatic rings. The van der Waals surface area contributed by atoms with Crippen LogP contribution in [0, 0.1) is 0 Å². The molecule has 4 heteroatoms. The highest BCUT2D eigenvalue weighted by atomic mass is 35.5. The summed E-state index contributed by atoms with van der Waals surface area (Å²) >= 11 is 11.9. The van der Waals surface area contributed by atoms with Crippen LogP contribution in [0.3, 0.4) is 0 Å². The average molecular weight is 297 g/mol. The predicted octanol–water partition coefficient (Wildman–Crippen LogP) is 5.09. The molecule has 1 nitrogen and oxygen atoms in total. The molecule has 17 heavy (non-hydrogen) atoms. The van der Waals surface area contributed by atoms with Gasteiger partial charge in [0.1, 0.15) is 0 Å². The van der Waals surface area contributed by atoms with Gasteiger partial charge in [-0.15, -0.1) is 12.4 Å². The van der Waals surface area contributed by atoms with Crippen LogP contribution in [0.2, 0.25) is 10.0 Å². The van der Waals surface area contributed by atoms with Crippen LogP contribution in [0.25, 0.3) is 0 Å². The molecule has 0 atom stereocenters. The van der Waals surface area contributed by atoms with E-state index in [1.807, 2.05) is 12.1 Å². The van der Waals surface area contributed by atoms with E-state index in [2.05, 4.69) is 12.2 Å². The highest BCUT2D eigenvalue weighted by Crippen LogP contribution is 2.20. The lowest BCUT2D eigenvalue weighted by atomic mass is 10.2. The summed E-state index contributed by atoms with van der Waals surface area (Å²) in [5, 5.41) is 4.83. The molecule has 1 N–H and O–H groups in total. The number of hydrogen-bond donors (Lipinski definition) is 1. The first-order valence-electron chi connectivity index (χ1n) is 5.88. The Morgan fingerprint density at radius 1 is 1.12 bits per heavy atom. The highest BCUT2D eigenvalue weighted by Gasteiger charge is 2.00. The molecule has 1 rings (SSSR count). The quantitative estimate of drug-likeness (QED) is 0.691. The molecular formula is C13H20Cl3N. The third kappa shape index (κ3) is 7.15. The molecule has 0 aliphatic carbocycles. The first kappa shape index (κ1) is 17.1. The average Bonchev–Trinajstić information content (AvgIpc) is 2.26. The second kappa shape index (κ2) is 10.0. The second-order valence-corrected chi connectivity index (χ2v) is 4.82. The fraction of sp³-hybridized carbons (Fsp3) is 0.538. The summed E-state index contributed by atoms with van der Waals surface area (Å²) in [5.74, 6) is 0. The number of hydrogen-bond acceptors (Lipinski definition) is 1. The van der Waals surface area contributed by atoms with Crippen LogP contribution >= 0.6 is 35.6 Å². The lowest BCUT2D eigenvalue weighted by molar-refractivity contribution is 0.598. The van der Waals surface area contributed by atoms with Crippen LogP contribution in [0.1, 0.15) is 38.2 Å². The van der Waals surface area contributed by atoms with Crippen molar-refractivity contribution in [2.45, 2.75) is 39.2 Å². The molecule has 1 aromatic rings. The summed E-state index contributed by atoms with van der Waals surface area (Å²) in [4.78, 5) is 0. The zero-order valence-corrected chi connectivity index (χ0v) is 12.5. The van der Waals surface area contributed by atoms with Gasteiger partial charge in [0.15, 0.2) is 0 Å². The summed E-state index contributed by atoms with van der Waals surface area (Å²) in [6.45, 7) is 4.10. The Morgan fingerprint density at radius 3 is 2.53 bits per heavy atom. The van der Waals surface area contributed by atoms with Gasteiger partial charge in [0.05, 0.1) is 0 Å². The van der Waals surface area contributed by atoms with Crippen molar-refractivity contribution in [1.29, 1.82) is 0 Å². The molecule has 0 amide bonds. The van der Waals surface area contributed by atoms with Gasteiger partial charge in [-0.3, -0.25) is 0 Å². The summed E-state index contributed by atoms with van der Waals surface area (Å²) in [7, 11) is 0. The Hall–Kier alpha value is 0.0500. The number of rotatable bonds is 7. The smallest absolute Gasteiger partial charge is 0.0465 e. The molecular weight excluding hydrogens is 277 g/mol. The first-order chi connectivity index (χ1) is 7.74. The van der Waals surface area contributed by atoms with Crippen LogP contribution in [-0.4, -0.2) is 6.54 Å². The minimum Gasteiger partial charge on any atom is -0.313 e. The van der Waals surface area contributed by atoms with Crippen molar-refractivity contribution in [3.8, 4) is 0 Å². The molecule has 0 saturated heterocycles. The minimum atomic E-state index is 0. The Balaban J connectivity index is 0.00000256. The fourth-order valence-electron chi connectivity index (χ4n) is 1.56. The topological polar surface area (TPSA) is 12.0 Å². The molecule has 0 unspecified atom stereocenters. The number of unbranched alkanes of at least 4 members (excludes halogenated alkanes) is 3. The summed E-state index contributed by atoms with van der Waals surface area (Å²) in [6, 6.07) is 5.64. The second-order valence-electron chi connectivity index (χ2n) is 3.97. The van der Waals surface area contributed by atoms with Crippen LogP contribution < -0.4 is 5.32 Å². The van der Waals surface area contributed by atoms with Gasteiger partial charge in [0.2, 0.25) is 0 Å². The Morgan fingerprint density at radius 2 is 1.88 bits per heavy atom. The van der Waals surface area contributed by atoms with Gasteiger partial charge in [-0.25, -0.2) is 0 Å². The maximum atomic E-state index is 6.07. The minimum absolute atomic E-state index is 0. The third-order valence-electron chi connectivity index (χ3n) is 2.54. The van der Waals surface area contributed by atoms with Gasteiger partial charge in [-0.2, -0.15) is 0 Å². The summed E-state index contributed by atoms with van der Waals surface area (Å²) in [6.07, 6.45) is 5.14. The molecule has 0 aromatic heterocycles. The number of benzene rings is 1. The van der Waals surface area contributed by atoms with E-state index in [1.165, 1.54) is 25.7 Å². The Bertz CT molecular complexity index is 316. The summed E-state index contributed by atoms with van der Waals surface area (Å²) < 4.78 is 0. The van der Waals surface area contributed by atoms with E-state index in [1.54, 1.807) is 6.07 Å². The molecule has 1 aromatic carbocycles. The standard InChI is InChI=1S/C13H19Cl2N.ClH/c1-2-3-4-5-8-16-10-11-6-7-12(14)9-13(11)15;/h6-7,9,16H,2-5,8,10H2,1H3;1H. The fourth-order valence-corrected chi connectivity index (χ4v) is 2.04. The SMILES string of the molecule is CCCCCCNCc1ccc(Cl)cc1Cl.Cl. The number of nitrogens with one attached hydrogen (secondary N) is 1. The lowest BCUT2D eigenvalue weighted by Crippen LogP contribution is -2.14. The highest BCUT2D eigenvalue weighted by molar-refractivity contribution is 6.35. The van der Waals surface area contributed by atoms with Gasteiger partial charge < -0.3 is 5.32 Å². The molecule has 0 saturated carbocycles. The Labute approximate surface area is 120 Å². The van der Waals surface area contributed by atoms with Crippen molar-refractivity contribution in [3.63, 3.8) is 0 Å². The van der Waals surface area contributed by atoms with Crippen molar-refractivity contribution in [3.05, 3.63) is 33.8 Å². The van der Waals surface area contributed by atoms with Crippen molar-refractivity contribution in [2.24, 2.45) is 0 Å². The number of halogens is 3. The van der Waals surface area contributed by atoms with E-state index < -0.39 is 0 Å². The van der Waals surface area contributed by atoms with Gasteiger partial charge in [0, 0.05) is 16.6 Å². The monoisotopic (exact) mass is 295 g/mol. The van der Waals surface area contributed by atoms with E-state index in [-0.39, 0.29) is 12.4 Å². The molecule has 98 valence electrons. The van der Waals surface area contributed by atoms with Gasteiger partial charge in [-0.05, 0) is 30.7 Å². The van der Waals surface area contributed by atoms with Crippen LogP contribution in [0.5, 0.6) is 0 Å². The van der Waals surface area contributed by atoms with Gasteiger partial charge in [-0.1, -0.05) is 55.5 Å². The third-order valence-corrected chi connectivity index (χ3v) is 3.12. The molecule has 0 fully saturated rings. The lowest BCUT2D eigenvalue weighted by Gasteiger charge is -2.06. The van der Waals surface area contributed by atoms with Crippen molar-refractivity contribution < 1.29 is 0 Å². The van der Waals surface area contributed by atoms with Gasteiger partial charge in [0.25, 0.3) is 0 Å². The summed E-state index contributed by atoms with van der Waals surface area (Å²) in [5.41, 5.74) is 1.11. The van der Waals surface area contributed by atoms with Crippen LogP contribution in [0.15, 0.2) is 18.2 Å². The first-order valence-corrected chi connectivity index (χ1v) is 6.64. The van der Waals surface area contributed by atoms with Crippen LogP contribution in [-0.2, 0) is 6.54 Å². The van der Waals surface area contributed by atoms with Crippen LogP contribution in [0.4, 0.5) is 0 Å². The zero-order valence-electron chi connectivity index (χ0n) is 10.1. The van der Waals surface area contributed by atoms with E-state index in [0.29, 0.717) is 5.02 Å². The molecule has 0 spiro atoms. The van der Waals surface area contributed by atoms with Crippen molar-refractivity contribution in [1.82, 2.24) is 5.32 Å². The van der Waals surface area contributed by atoms with E-state index >= 15 is 0 Å².